The number of H-pyrrole nitrogens is 1. The minimum absolute atomic E-state index is 0.137. The maximum absolute atomic E-state index is 12.4. The lowest BCUT2D eigenvalue weighted by atomic mass is 9.96. The summed E-state index contributed by atoms with van der Waals surface area (Å²) in [5.74, 6) is 1.03. The predicted molar refractivity (Wildman–Crippen MR) is 95.1 cm³/mol. The molecule has 27 heavy (non-hydrogen) atoms. The second-order valence-corrected chi connectivity index (χ2v) is 6.25. The van der Waals surface area contributed by atoms with Crippen molar-refractivity contribution in [2.75, 3.05) is 6.61 Å². The number of rotatable bonds is 6. The zero-order chi connectivity index (χ0) is 18.6. The first-order valence-electron chi connectivity index (χ1n) is 9.00. The van der Waals surface area contributed by atoms with E-state index in [1.165, 1.54) is 0 Å². The number of pyridine rings is 1. The van der Waals surface area contributed by atoms with Crippen molar-refractivity contribution in [3.63, 3.8) is 0 Å². The average molecular weight is 368 g/mol. The Kier molecular flexibility index (Phi) is 4.82. The van der Waals surface area contributed by atoms with E-state index in [9.17, 15) is 4.79 Å². The standard InChI is InChI=1S/C18H20N6O3/c1-2-26-14-8-7-11(9-19-14)17-21-15(27-24-17)10-20-18(25)16-12-5-3-4-6-13(12)22-23-16/h7-9H,2-6,10H2,1H3,(H,20,25)(H,22,23). The largest absolute Gasteiger partial charge is 0.478 e. The minimum Gasteiger partial charge on any atom is -0.478 e. The van der Waals surface area contributed by atoms with E-state index >= 15 is 0 Å². The molecule has 0 saturated carbocycles. The Morgan fingerprint density at radius 1 is 1.33 bits per heavy atom. The third-order valence-corrected chi connectivity index (χ3v) is 4.43. The van der Waals surface area contributed by atoms with Crippen LogP contribution in [0.1, 0.15) is 47.4 Å². The van der Waals surface area contributed by atoms with Crippen molar-refractivity contribution >= 4 is 5.91 Å². The number of carbonyl (C=O) groups excluding carboxylic acids is 1. The molecule has 0 saturated heterocycles. The van der Waals surface area contributed by atoms with Gasteiger partial charge in [-0.2, -0.15) is 10.1 Å². The van der Waals surface area contributed by atoms with Crippen molar-refractivity contribution in [3.05, 3.63) is 41.2 Å². The molecule has 140 valence electrons. The summed E-state index contributed by atoms with van der Waals surface area (Å²) in [7, 11) is 0. The number of fused-ring (bicyclic) bond motifs is 1. The van der Waals surface area contributed by atoms with Gasteiger partial charge in [0.15, 0.2) is 5.69 Å². The van der Waals surface area contributed by atoms with E-state index in [1.54, 1.807) is 18.3 Å². The highest BCUT2D eigenvalue weighted by Crippen LogP contribution is 2.22. The molecule has 1 aliphatic rings. The van der Waals surface area contributed by atoms with Crippen LogP contribution in [-0.2, 0) is 19.4 Å². The summed E-state index contributed by atoms with van der Waals surface area (Å²) >= 11 is 0. The van der Waals surface area contributed by atoms with Gasteiger partial charge in [0.05, 0.1) is 13.2 Å². The van der Waals surface area contributed by atoms with Gasteiger partial charge in [0.2, 0.25) is 17.6 Å². The lowest BCUT2D eigenvalue weighted by Crippen LogP contribution is -2.24. The number of amides is 1. The molecule has 0 fully saturated rings. The van der Waals surface area contributed by atoms with E-state index in [1.807, 2.05) is 6.92 Å². The van der Waals surface area contributed by atoms with E-state index in [0.717, 1.165) is 36.9 Å². The molecule has 0 unspecified atom stereocenters. The van der Waals surface area contributed by atoms with Crippen LogP contribution in [-0.4, -0.2) is 37.8 Å². The topological polar surface area (TPSA) is 119 Å². The number of nitrogens with one attached hydrogen (secondary N) is 2. The number of hydrogen-bond donors (Lipinski definition) is 2. The zero-order valence-electron chi connectivity index (χ0n) is 15.0. The van der Waals surface area contributed by atoms with Crippen LogP contribution in [0, 0.1) is 0 Å². The van der Waals surface area contributed by atoms with Gasteiger partial charge in [0.25, 0.3) is 5.91 Å². The molecule has 1 aliphatic carbocycles. The molecular formula is C18H20N6O3. The van der Waals surface area contributed by atoms with Crippen LogP contribution in [0.2, 0.25) is 0 Å². The molecule has 0 bridgehead atoms. The number of aromatic amines is 1. The van der Waals surface area contributed by atoms with Crippen molar-refractivity contribution in [1.29, 1.82) is 0 Å². The minimum atomic E-state index is -0.239. The second-order valence-electron chi connectivity index (χ2n) is 6.25. The molecule has 0 aliphatic heterocycles. The summed E-state index contributed by atoms with van der Waals surface area (Å²) in [6, 6.07) is 3.55. The van der Waals surface area contributed by atoms with Gasteiger partial charge < -0.3 is 14.6 Å². The molecular weight excluding hydrogens is 348 g/mol. The van der Waals surface area contributed by atoms with Gasteiger partial charge in [-0.05, 0) is 38.7 Å². The van der Waals surface area contributed by atoms with Crippen molar-refractivity contribution in [2.24, 2.45) is 0 Å². The molecule has 3 heterocycles. The summed E-state index contributed by atoms with van der Waals surface area (Å²) in [6.45, 7) is 2.59. The van der Waals surface area contributed by atoms with Crippen molar-refractivity contribution < 1.29 is 14.1 Å². The number of nitrogens with zero attached hydrogens (tertiary/aromatic N) is 4. The Morgan fingerprint density at radius 3 is 3.04 bits per heavy atom. The first-order chi connectivity index (χ1) is 13.2. The van der Waals surface area contributed by atoms with Crippen LogP contribution in [0.5, 0.6) is 5.88 Å². The molecule has 2 N–H and O–H groups in total. The summed E-state index contributed by atoms with van der Waals surface area (Å²) in [5.41, 5.74) is 3.25. The van der Waals surface area contributed by atoms with Crippen LogP contribution in [0.25, 0.3) is 11.4 Å². The highest BCUT2D eigenvalue weighted by molar-refractivity contribution is 5.93. The van der Waals surface area contributed by atoms with Crippen LogP contribution < -0.4 is 10.1 Å². The van der Waals surface area contributed by atoms with Crippen LogP contribution in [0.3, 0.4) is 0 Å². The summed E-state index contributed by atoms with van der Waals surface area (Å²) in [4.78, 5) is 20.9. The Labute approximate surface area is 155 Å². The Balaban J connectivity index is 1.39. The smallest absolute Gasteiger partial charge is 0.272 e. The molecule has 4 rings (SSSR count). The second kappa shape index (κ2) is 7.56. The number of carbonyl (C=O) groups is 1. The number of ether oxygens (including phenoxy) is 1. The third-order valence-electron chi connectivity index (χ3n) is 4.43. The van der Waals surface area contributed by atoms with Gasteiger partial charge in [-0.3, -0.25) is 9.89 Å². The predicted octanol–water partition coefficient (Wildman–Crippen LogP) is 2.06. The first-order valence-corrected chi connectivity index (χ1v) is 9.00. The molecule has 0 aromatic carbocycles. The fourth-order valence-electron chi connectivity index (χ4n) is 3.10. The lowest BCUT2D eigenvalue weighted by Gasteiger charge is -2.10. The van der Waals surface area contributed by atoms with Gasteiger partial charge in [-0.1, -0.05) is 5.16 Å². The van der Waals surface area contributed by atoms with E-state index in [2.05, 4.69) is 30.6 Å². The Bertz CT molecular complexity index is 931. The normalized spacial score (nSPS) is 13.2. The fourth-order valence-corrected chi connectivity index (χ4v) is 3.10. The van der Waals surface area contributed by atoms with Crippen molar-refractivity contribution in [1.82, 2.24) is 30.6 Å². The van der Waals surface area contributed by atoms with E-state index in [4.69, 9.17) is 9.26 Å². The molecule has 0 atom stereocenters. The summed E-state index contributed by atoms with van der Waals surface area (Å²) in [6.07, 6.45) is 5.65. The highest BCUT2D eigenvalue weighted by atomic mass is 16.5. The van der Waals surface area contributed by atoms with Crippen molar-refractivity contribution in [3.8, 4) is 17.3 Å². The van der Waals surface area contributed by atoms with Crippen LogP contribution in [0.15, 0.2) is 22.9 Å². The number of hydrogen-bond acceptors (Lipinski definition) is 7. The number of aromatic nitrogens is 5. The van der Waals surface area contributed by atoms with Crippen molar-refractivity contribution in [2.45, 2.75) is 39.2 Å². The SMILES string of the molecule is CCOc1ccc(-c2noc(CNC(=O)c3n[nH]c4c3CCCC4)n2)cn1. The number of aryl methyl sites for hydroxylation is 1. The quantitative estimate of drug-likeness (QED) is 0.683. The maximum atomic E-state index is 12.4. The Morgan fingerprint density at radius 2 is 2.22 bits per heavy atom. The summed E-state index contributed by atoms with van der Waals surface area (Å²) < 4.78 is 10.5. The van der Waals surface area contributed by atoms with Gasteiger partial charge in [-0.25, -0.2) is 4.98 Å². The third kappa shape index (κ3) is 3.67. The Hall–Kier alpha value is -3.23. The monoisotopic (exact) mass is 368 g/mol. The van der Waals surface area contributed by atoms with Gasteiger partial charge in [0.1, 0.15) is 0 Å². The van der Waals surface area contributed by atoms with E-state index in [-0.39, 0.29) is 12.5 Å². The van der Waals surface area contributed by atoms with Gasteiger partial charge in [-0.15, -0.1) is 0 Å². The molecule has 9 nitrogen and oxygen atoms in total. The van der Waals surface area contributed by atoms with Crippen LogP contribution in [0.4, 0.5) is 0 Å². The average Bonchev–Trinajstić information content (AvgIpc) is 3.34. The first kappa shape index (κ1) is 17.2. The fraction of sp³-hybridized carbons (Fsp3) is 0.389. The van der Waals surface area contributed by atoms with Gasteiger partial charge >= 0.3 is 0 Å². The van der Waals surface area contributed by atoms with Crippen LogP contribution >= 0.6 is 0 Å². The van der Waals surface area contributed by atoms with E-state index < -0.39 is 0 Å². The highest BCUT2D eigenvalue weighted by Gasteiger charge is 2.22. The lowest BCUT2D eigenvalue weighted by molar-refractivity contribution is 0.0940. The molecule has 1 amide bonds. The molecule has 0 radical (unpaired) electrons. The zero-order valence-corrected chi connectivity index (χ0v) is 15.0. The molecule has 3 aromatic heterocycles. The van der Waals surface area contributed by atoms with E-state index in [0.29, 0.717) is 35.5 Å². The molecule has 9 heteroatoms. The molecule has 3 aromatic rings. The maximum Gasteiger partial charge on any atom is 0.272 e. The van der Waals surface area contributed by atoms with Gasteiger partial charge in [0, 0.05) is 29.1 Å². The molecule has 0 spiro atoms. The summed E-state index contributed by atoms with van der Waals surface area (Å²) in [5, 5.41) is 13.8.